The lowest BCUT2D eigenvalue weighted by Gasteiger charge is -2.20. The monoisotopic (exact) mass is 262 g/mol. The molecule has 0 fully saturated rings. The molecule has 4 heteroatoms. The van der Waals surface area contributed by atoms with Gasteiger partial charge in [0.05, 0.1) is 12.3 Å². The van der Waals surface area contributed by atoms with E-state index in [-0.39, 0.29) is 11.5 Å². The van der Waals surface area contributed by atoms with Crippen molar-refractivity contribution in [2.24, 2.45) is 0 Å². The fraction of sp³-hybridized carbons (Fsp3) is 0.467. The number of nitrogens with one attached hydrogen (secondary N) is 1. The molecule has 0 unspecified atom stereocenters. The predicted molar refractivity (Wildman–Crippen MR) is 76.6 cm³/mol. The summed E-state index contributed by atoms with van der Waals surface area (Å²) in [5.74, 6) is -0.332. The Morgan fingerprint density at radius 1 is 1.42 bits per heavy atom. The quantitative estimate of drug-likeness (QED) is 0.486. The van der Waals surface area contributed by atoms with Crippen molar-refractivity contribution >= 4 is 12.0 Å². The van der Waals surface area contributed by atoms with E-state index in [9.17, 15) is 4.79 Å². The Hall–Kier alpha value is -1.68. The van der Waals surface area contributed by atoms with Crippen molar-refractivity contribution in [2.75, 3.05) is 13.2 Å². The topological polar surface area (TPSA) is 51.2 Å². The normalized spacial score (nSPS) is 11.7. The average Bonchev–Trinajstić information content (AvgIpc) is 2.36. The number of hydrogen-bond donors (Lipinski definition) is 1. The highest BCUT2D eigenvalue weighted by molar-refractivity contribution is 5.86. The van der Waals surface area contributed by atoms with Gasteiger partial charge in [0, 0.05) is 17.8 Å². The van der Waals surface area contributed by atoms with E-state index in [1.54, 1.807) is 12.3 Å². The molecule has 0 spiro atoms. The van der Waals surface area contributed by atoms with Crippen LogP contribution in [0.2, 0.25) is 0 Å². The minimum absolute atomic E-state index is 0.100. The molecule has 0 aliphatic heterocycles. The van der Waals surface area contributed by atoms with Crippen molar-refractivity contribution in [3.63, 3.8) is 0 Å². The first kappa shape index (κ1) is 15.4. The zero-order chi connectivity index (χ0) is 14.1. The molecule has 0 atom stereocenters. The first-order chi connectivity index (χ1) is 8.97. The van der Waals surface area contributed by atoms with Gasteiger partial charge in [-0.2, -0.15) is 0 Å². The highest BCUT2D eigenvalue weighted by Crippen LogP contribution is 1.99. The van der Waals surface area contributed by atoms with E-state index in [0.29, 0.717) is 6.61 Å². The summed E-state index contributed by atoms with van der Waals surface area (Å²) in [4.78, 5) is 15.5. The fourth-order valence-corrected chi connectivity index (χ4v) is 1.38. The Kier molecular flexibility index (Phi) is 6.22. The molecule has 1 heterocycles. The molecule has 0 aromatic carbocycles. The van der Waals surface area contributed by atoms with Gasteiger partial charge in [0.25, 0.3) is 0 Å². The Morgan fingerprint density at radius 2 is 2.21 bits per heavy atom. The summed E-state index contributed by atoms with van der Waals surface area (Å²) in [6.07, 6.45) is 5.54. The smallest absolute Gasteiger partial charge is 0.330 e. The first-order valence-corrected chi connectivity index (χ1v) is 6.48. The molecule has 0 saturated heterocycles. The van der Waals surface area contributed by atoms with Crippen LogP contribution in [0.3, 0.4) is 0 Å². The van der Waals surface area contributed by atoms with Crippen LogP contribution in [0.5, 0.6) is 0 Å². The van der Waals surface area contributed by atoms with Crippen molar-refractivity contribution < 1.29 is 9.53 Å². The van der Waals surface area contributed by atoms with E-state index in [2.05, 4.69) is 31.1 Å². The van der Waals surface area contributed by atoms with Crippen LogP contribution in [0.1, 0.15) is 32.9 Å². The molecule has 19 heavy (non-hydrogen) atoms. The molecule has 1 N–H and O–H groups in total. The number of carbonyl (C=O) groups is 1. The van der Waals surface area contributed by atoms with Gasteiger partial charge in [-0.1, -0.05) is 6.07 Å². The van der Waals surface area contributed by atoms with Crippen LogP contribution in [-0.2, 0) is 9.53 Å². The van der Waals surface area contributed by atoms with Crippen molar-refractivity contribution in [2.45, 2.75) is 32.7 Å². The lowest BCUT2D eigenvalue weighted by atomic mass is 10.1. The predicted octanol–water partition coefficient (Wildman–Crippen LogP) is 2.42. The number of rotatable bonds is 6. The third kappa shape index (κ3) is 8.11. The highest BCUT2D eigenvalue weighted by atomic mass is 16.5. The van der Waals surface area contributed by atoms with Crippen LogP contribution in [-0.4, -0.2) is 29.6 Å². The number of pyridine rings is 1. The van der Waals surface area contributed by atoms with E-state index in [0.717, 1.165) is 18.7 Å². The number of nitrogens with zero attached hydrogens (tertiary/aromatic N) is 1. The van der Waals surface area contributed by atoms with Gasteiger partial charge in [0.1, 0.15) is 0 Å². The third-order valence-corrected chi connectivity index (χ3v) is 2.30. The van der Waals surface area contributed by atoms with Crippen LogP contribution in [0.4, 0.5) is 0 Å². The van der Waals surface area contributed by atoms with Crippen LogP contribution in [0.15, 0.2) is 30.5 Å². The summed E-state index contributed by atoms with van der Waals surface area (Å²) in [6, 6.07) is 5.53. The molecular formula is C15H22N2O2. The number of ether oxygens (including phenoxy) is 1. The van der Waals surface area contributed by atoms with Gasteiger partial charge in [-0.15, -0.1) is 0 Å². The molecule has 1 aromatic rings. The van der Waals surface area contributed by atoms with Crippen LogP contribution in [0.25, 0.3) is 6.08 Å². The molecular weight excluding hydrogens is 240 g/mol. The number of esters is 1. The molecule has 0 saturated carbocycles. The summed E-state index contributed by atoms with van der Waals surface area (Å²) < 4.78 is 5.08. The highest BCUT2D eigenvalue weighted by Gasteiger charge is 2.07. The Balaban J connectivity index is 2.17. The lowest BCUT2D eigenvalue weighted by molar-refractivity contribution is -0.137. The number of carbonyl (C=O) groups excluding carboxylic acids is 1. The van der Waals surface area contributed by atoms with E-state index in [1.807, 2.05) is 18.2 Å². The molecule has 4 nitrogen and oxygen atoms in total. The van der Waals surface area contributed by atoms with Crippen LogP contribution >= 0.6 is 0 Å². The van der Waals surface area contributed by atoms with Crippen LogP contribution < -0.4 is 5.32 Å². The maximum Gasteiger partial charge on any atom is 0.330 e. The van der Waals surface area contributed by atoms with Gasteiger partial charge < -0.3 is 10.1 Å². The molecule has 0 aliphatic rings. The molecule has 1 aromatic heterocycles. The van der Waals surface area contributed by atoms with E-state index < -0.39 is 0 Å². The SMILES string of the molecule is CC(C)(C)NCCCOC(=O)/C=C/c1ccccn1. The van der Waals surface area contributed by atoms with Crippen molar-refractivity contribution in [3.8, 4) is 0 Å². The van der Waals surface area contributed by atoms with Gasteiger partial charge >= 0.3 is 5.97 Å². The maximum absolute atomic E-state index is 11.4. The lowest BCUT2D eigenvalue weighted by Crippen LogP contribution is -2.36. The molecule has 0 bridgehead atoms. The van der Waals surface area contributed by atoms with E-state index in [1.165, 1.54) is 6.08 Å². The molecule has 1 rings (SSSR count). The van der Waals surface area contributed by atoms with Crippen molar-refractivity contribution in [3.05, 3.63) is 36.2 Å². The summed E-state index contributed by atoms with van der Waals surface area (Å²) in [6.45, 7) is 7.58. The van der Waals surface area contributed by atoms with Crippen molar-refractivity contribution in [1.82, 2.24) is 10.3 Å². The molecule has 0 aliphatic carbocycles. The minimum Gasteiger partial charge on any atom is -0.462 e. The summed E-state index contributed by atoms with van der Waals surface area (Å²) in [7, 11) is 0. The van der Waals surface area contributed by atoms with Gasteiger partial charge in [-0.25, -0.2) is 4.79 Å². The Morgan fingerprint density at radius 3 is 2.84 bits per heavy atom. The zero-order valence-electron chi connectivity index (χ0n) is 11.8. The second-order valence-electron chi connectivity index (χ2n) is 5.29. The third-order valence-electron chi connectivity index (χ3n) is 2.30. The van der Waals surface area contributed by atoms with Gasteiger partial charge in [-0.3, -0.25) is 4.98 Å². The summed E-state index contributed by atoms with van der Waals surface area (Å²) in [5.41, 5.74) is 0.844. The largest absolute Gasteiger partial charge is 0.462 e. The first-order valence-electron chi connectivity index (χ1n) is 6.48. The average molecular weight is 262 g/mol. The minimum atomic E-state index is -0.332. The van der Waals surface area contributed by atoms with Gasteiger partial charge in [0.15, 0.2) is 0 Å². The van der Waals surface area contributed by atoms with E-state index in [4.69, 9.17) is 4.74 Å². The molecule has 0 radical (unpaired) electrons. The Bertz CT molecular complexity index is 408. The van der Waals surface area contributed by atoms with Gasteiger partial charge in [-0.05, 0) is 51.9 Å². The fourth-order valence-electron chi connectivity index (χ4n) is 1.38. The second-order valence-corrected chi connectivity index (χ2v) is 5.29. The zero-order valence-corrected chi connectivity index (χ0v) is 11.8. The number of aromatic nitrogens is 1. The van der Waals surface area contributed by atoms with E-state index >= 15 is 0 Å². The number of hydrogen-bond acceptors (Lipinski definition) is 4. The standard InChI is InChI=1S/C15H22N2O2/c1-15(2,3)17-11-6-12-19-14(18)9-8-13-7-4-5-10-16-13/h4-5,7-10,17H,6,11-12H2,1-3H3/b9-8+. The maximum atomic E-state index is 11.4. The summed E-state index contributed by atoms with van der Waals surface area (Å²) >= 11 is 0. The van der Waals surface area contributed by atoms with Gasteiger partial charge in [0.2, 0.25) is 0 Å². The molecule has 0 amide bonds. The molecule has 104 valence electrons. The Labute approximate surface area is 114 Å². The van der Waals surface area contributed by atoms with Crippen molar-refractivity contribution in [1.29, 1.82) is 0 Å². The summed E-state index contributed by atoms with van der Waals surface area (Å²) in [5, 5.41) is 3.33. The van der Waals surface area contributed by atoms with Crippen LogP contribution in [0, 0.1) is 0 Å². The second kappa shape index (κ2) is 7.69.